The van der Waals surface area contributed by atoms with Gasteiger partial charge < -0.3 is 10.1 Å². The van der Waals surface area contributed by atoms with Gasteiger partial charge in [-0.3, -0.25) is 0 Å². The number of hydrogen-bond donors (Lipinski definition) is 1. The fraction of sp³-hybridized carbons (Fsp3) is 0.250. The molecule has 100 valence electrons. The first kappa shape index (κ1) is 13.9. The first-order valence-electron chi connectivity index (χ1n) is 6.38. The van der Waals surface area contributed by atoms with Crippen LogP contribution < -0.4 is 10.1 Å². The Labute approximate surface area is 119 Å². The van der Waals surface area contributed by atoms with E-state index in [2.05, 4.69) is 30.4 Å². The van der Waals surface area contributed by atoms with Crippen molar-refractivity contribution in [1.82, 2.24) is 5.32 Å². The lowest BCUT2D eigenvalue weighted by Crippen LogP contribution is -2.12. The summed E-state index contributed by atoms with van der Waals surface area (Å²) in [5, 5.41) is 4.10. The summed E-state index contributed by atoms with van der Waals surface area (Å²) in [6.07, 6.45) is 0. The third-order valence-electron chi connectivity index (χ3n) is 3.03. The predicted octanol–water partition coefficient (Wildman–Crippen LogP) is 4.13. The summed E-state index contributed by atoms with van der Waals surface area (Å²) in [5.74, 6) is 0.866. The van der Waals surface area contributed by atoms with Crippen LogP contribution in [0.3, 0.4) is 0 Å². The molecule has 0 spiro atoms. The van der Waals surface area contributed by atoms with Crippen molar-refractivity contribution >= 4 is 11.6 Å². The van der Waals surface area contributed by atoms with Gasteiger partial charge in [-0.25, -0.2) is 0 Å². The SMILES string of the molecule is CCNCc1cc(-c2ccc(OC)cc2)ccc1Cl. The maximum atomic E-state index is 6.21. The van der Waals surface area contributed by atoms with Crippen LogP contribution in [0.2, 0.25) is 5.02 Å². The summed E-state index contributed by atoms with van der Waals surface area (Å²) in [5.41, 5.74) is 3.45. The molecule has 2 nitrogen and oxygen atoms in total. The summed E-state index contributed by atoms with van der Waals surface area (Å²) < 4.78 is 5.17. The number of halogens is 1. The van der Waals surface area contributed by atoms with Gasteiger partial charge in [-0.1, -0.05) is 36.7 Å². The molecule has 0 aliphatic carbocycles. The molecule has 0 radical (unpaired) electrons. The Morgan fingerprint density at radius 3 is 2.37 bits per heavy atom. The predicted molar refractivity (Wildman–Crippen MR) is 80.8 cm³/mol. The van der Waals surface area contributed by atoms with Crippen LogP contribution in [0.4, 0.5) is 0 Å². The van der Waals surface area contributed by atoms with Gasteiger partial charge in [-0.2, -0.15) is 0 Å². The minimum absolute atomic E-state index is 0.791. The van der Waals surface area contributed by atoms with Crippen LogP contribution >= 0.6 is 11.6 Å². The van der Waals surface area contributed by atoms with Crippen molar-refractivity contribution in [1.29, 1.82) is 0 Å². The molecule has 2 aromatic rings. The van der Waals surface area contributed by atoms with Crippen LogP contribution in [0.1, 0.15) is 12.5 Å². The van der Waals surface area contributed by atoms with Gasteiger partial charge in [0, 0.05) is 11.6 Å². The zero-order valence-electron chi connectivity index (χ0n) is 11.2. The molecule has 19 heavy (non-hydrogen) atoms. The molecule has 0 heterocycles. The number of benzene rings is 2. The maximum Gasteiger partial charge on any atom is 0.118 e. The zero-order chi connectivity index (χ0) is 13.7. The zero-order valence-corrected chi connectivity index (χ0v) is 12.0. The van der Waals surface area contributed by atoms with Gasteiger partial charge >= 0.3 is 0 Å². The van der Waals surface area contributed by atoms with E-state index in [0.717, 1.165) is 35.0 Å². The van der Waals surface area contributed by atoms with E-state index >= 15 is 0 Å². The second kappa shape index (κ2) is 6.60. The maximum absolute atomic E-state index is 6.21. The quantitative estimate of drug-likeness (QED) is 0.886. The molecule has 2 aromatic carbocycles. The molecule has 0 bridgehead atoms. The molecular weight excluding hydrogens is 258 g/mol. The van der Waals surface area contributed by atoms with Crippen LogP contribution in [0, 0.1) is 0 Å². The summed E-state index contributed by atoms with van der Waals surface area (Å²) in [7, 11) is 1.67. The highest BCUT2D eigenvalue weighted by atomic mass is 35.5. The van der Waals surface area contributed by atoms with Crippen molar-refractivity contribution in [2.24, 2.45) is 0 Å². The second-order valence-corrected chi connectivity index (χ2v) is 4.72. The van der Waals surface area contributed by atoms with E-state index in [4.69, 9.17) is 16.3 Å². The van der Waals surface area contributed by atoms with Gasteiger partial charge in [-0.05, 0) is 47.5 Å². The largest absolute Gasteiger partial charge is 0.497 e. The lowest BCUT2D eigenvalue weighted by Gasteiger charge is -2.09. The Hall–Kier alpha value is -1.51. The van der Waals surface area contributed by atoms with Crippen LogP contribution in [0.5, 0.6) is 5.75 Å². The highest BCUT2D eigenvalue weighted by molar-refractivity contribution is 6.31. The third-order valence-corrected chi connectivity index (χ3v) is 3.40. The molecule has 0 aromatic heterocycles. The van der Waals surface area contributed by atoms with E-state index in [1.165, 1.54) is 5.56 Å². The van der Waals surface area contributed by atoms with Crippen molar-refractivity contribution in [2.75, 3.05) is 13.7 Å². The molecule has 0 aliphatic heterocycles. The number of nitrogens with one attached hydrogen (secondary N) is 1. The highest BCUT2D eigenvalue weighted by Gasteiger charge is 2.04. The van der Waals surface area contributed by atoms with Crippen molar-refractivity contribution < 1.29 is 4.74 Å². The number of methoxy groups -OCH3 is 1. The van der Waals surface area contributed by atoms with Gasteiger partial charge in [-0.15, -0.1) is 0 Å². The average Bonchev–Trinajstić information content (AvgIpc) is 2.46. The Kier molecular flexibility index (Phi) is 4.83. The van der Waals surface area contributed by atoms with E-state index in [1.807, 2.05) is 24.3 Å². The topological polar surface area (TPSA) is 21.3 Å². The number of rotatable bonds is 5. The summed E-state index contributed by atoms with van der Waals surface area (Å²) in [6.45, 7) is 3.81. The van der Waals surface area contributed by atoms with E-state index in [1.54, 1.807) is 7.11 Å². The number of hydrogen-bond acceptors (Lipinski definition) is 2. The fourth-order valence-electron chi connectivity index (χ4n) is 1.93. The van der Waals surface area contributed by atoms with Gasteiger partial charge in [0.15, 0.2) is 0 Å². The molecular formula is C16H18ClNO. The molecule has 0 atom stereocenters. The van der Waals surface area contributed by atoms with Crippen molar-refractivity contribution in [3.63, 3.8) is 0 Å². The average molecular weight is 276 g/mol. The molecule has 0 aliphatic rings. The minimum Gasteiger partial charge on any atom is -0.497 e. The van der Waals surface area contributed by atoms with Crippen LogP contribution in [-0.4, -0.2) is 13.7 Å². The molecule has 2 rings (SSSR count). The first-order valence-corrected chi connectivity index (χ1v) is 6.76. The fourth-order valence-corrected chi connectivity index (χ4v) is 2.12. The first-order chi connectivity index (χ1) is 9.24. The lowest BCUT2D eigenvalue weighted by molar-refractivity contribution is 0.415. The van der Waals surface area contributed by atoms with E-state index in [-0.39, 0.29) is 0 Å². The third kappa shape index (κ3) is 3.49. The van der Waals surface area contributed by atoms with Crippen LogP contribution in [0.15, 0.2) is 42.5 Å². The Bertz CT molecular complexity index is 537. The summed E-state index contributed by atoms with van der Waals surface area (Å²) in [6, 6.07) is 14.2. The molecule has 0 saturated heterocycles. The number of ether oxygens (including phenoxy) is 1. The lowest BCUT2D eigenvalue weighted by atomic mass is 10.0. The van der Waals surface area contributed by atoms with Crippen LogP contribution in [0.25, 0.3) is 11.1 Å². The highest BCUT2D eigenvalue weighted by Crippen LogP contribution is 2.26. The van der Waals surface area contributed by atoms with Crippen molar-refractivity contribution in [3.8, 4) is 16.9 Å². The van der Waals surface area contributed by atoms with E-state index in [9.17, 15) is 0 Å². The van der Waals surface area contributed by atoms with Gasteiger partial charge in [0.2, 0.25) is 0 Å². The van der Waals surface area contributed by atoms with Crippen LogP contribution in [-0.2, 0) is 6.54 Å². The normalized spacial score (nSPS) is 10.5. The molecule has 3 heteroatoms. The smallest absolute Gasteiger partial charge is 0.118 e. The monoisotopic (exact) mass is 275 g/mol. The second-order valence-electron chi connectivity index (χ2n) is 4.32. The van der Waals surface area contributed by atoms with Crippen molar-refractivity contribution in [2.45, 2.75) is 13.5 Å². The molecule has 0 unspecified atom stereocenters. The van der Waals surface area contributed by atoms with Gasteiger partial charge in [0.05, 0.1) is 7.11 Å². The molecule has 1 N–H and O–H groups in total. The van der Waals surface area contributed by atoms with Crippen molar-refractivity contribution in [3.05, 3.63) is 53.1 Å². The Balaban J connectivity index is 2.28. The van der Waals surface area contributed by atoms with Gasteiger partial charge in [0.1, 0.15) is 5.75 Å². The summed E-state index contributed by atoms with van der Waals surface area (Å²) in [4.78, 5) is 0. The van der Waals surface area contributed by atoms with E-state index < -0.39 is 0 Å². The van der Waals surface area contributed by atoms with E-state index in [0.29, 0.717) is 0 Å². The summed E-state index contributed by atoms with van der Waals surface area (Å²) >= 11 is 6.21. The minimum atomic E-state index is 0.791. The standard InChI is InChI=1S/C16H18ClNO/c1-3-18-11-14-10-13(6-9-16(14)17)12-4-7-15(19-2)8-5-12/h4-10,18H,3,11H2,1-2H3. The van der Waals surface area contributed by atoms with Gasteiger partial charge in [0.25, 0.3) is 0 Å². The Morgan fingerprint density at radius 2 is 1.74 bits per heavy atom. The molecule has 0 amide bonds. The molecule has 0 fully saturated rings. The molecule has 0 saturated carbocycles. The Morgan fingerprint density at radius 1 is 1.05 bits per heavy atom.